The van der Waals surface area contributed by atoms with Gasteiger partial charge in [-0.15, -0.1) is 0 Å². The van der Waals surface area contributed by atoms with Gasteiger partial charge in [-0.2, -0.15) is 19.9 Å². The third-order valence-electron chi connectivity index (χ3n) is 18.6. The fourth-order valence-electron chi connectivity index (χ4n) is 14.8. The minimum absolute atomic E-state index is 0.00431. The fraction of sp³-hybridized carbons (Fsp3) is 0.452. The normalized spacial score (nSPS) is 27.1. The summed E-state index contributed by atoms with van der Waals surface area (Å²) in [5, 5.41) is 45.1. The van der Waals surface area contributed by atoms with Gasteiger partial charge in [-0.1, -0.05) is 29.3 Å². The van der Waals surface area contributed by atoms with Gasteiger partial charge < -0.3 is 44.4 Å². The summed E-state index contributed by atoms with van der Waals surface area (Å²) < 4.78 is 117. The Kier molecular flexibility index (Phi) is 14.3. The third kappa shape index (κ3) is 10.1. The molecule has 2 unspecified atom stereocenters. The number of hydrogen-bond acceptors (Lipinski definition) is 17. The number of aliphatic hydroxyl groups is 2. The second-order valence-electron chi connectivity index (χ2n) is 25.0. The molecule has 6 saturated heterocycles. The number of ether oxygens (including phenoxy) is 3. The molecule has 10 heterocycles. The number of hydrogen-bond donors (Lipinski definition) is 4. The van der Waals surface area contributed by atoms with E-state index in [1.165, 1.54) is 48.8 Å². The van der Waals surface area contributed by atoms with E-state index >= 15 is 17.6 Å². The van der Waals surface area contributed by atoms with Crippen LogP contribution in [0.4, 0.5) is 38.0 Å². The second-order valence-corrected chi connectivity index (χ2v) is 25.8. The molecule has 4 aromatic heterocycles. The zero-order chi connectivity index (χ0) is 60.6. The molecule has 8 aromatic rings. The number of rotatable bonds is 11. The molecule has 0 radical (unpaired) electrons. The van der Waals surface area contributed by atoms with Crippen molar-refractivity contribution in [3.8, 4) is 46.0 Å². The molecule has 14 rings (SSSR count). The second kappa shape index (κ2) is 21.4. The van der Waals surface area contributed by atoms with Gasteiger partial charge in [0.1, 0.15) is 88.3 Å². The first-order valence-corrected chi connectivity index (χ1v) is 29.9. The molecule has 0 saturated carbocycles. The number of piperidine rings is 1. The van der Waals surface area contributed by atoms with Crippen LogP contribution in [0.25, 0.3) is 65.9 Å². The molecule has 17 nitrogen and oxygen atoms in total. The van der Waals surface area contributed by atoms with E-state index < -0.39 is 69.0 Å². The molecule has 0 bridgehead atoms. The molecule has 0 spiro atoms. The summed E-state index contributed by atoms with van der Waals surface area (Å²) in [6, 6.07) is 7.73. The molecule has 6 aliphatic rings. The van der Waals surface area contributed by atoms with Gasteiger partial charge >= 0.3 is 12.0 Å². The zero-order valence-electron chi connectivity index (χ0n) is 47.4. The molecular weight excluding hydrogens is 1180 g/mol. The van der Waals surface area contributed by atoms with Gasteiger partial charge in [0.2, 0.25) is 0 Å². The maximum Gasteiger partial charge on any atom is 0.319 e. The van der Waals surface area contributed by atoms with Crippen LogP contribution >= 0.6 is 23.2 Å². The van der Waals surface area contributed by atoms with Gasteiger partial charge in [0, 0.05) is 85.9 Å². The Morgan fingerprint density at radius 1 is 0.655 bits per heavy atom. The Labute approximate surface area is 504 Å². The molecule has 7 atom stereocenters. The van der Waals surface area contributed by atoms with Gasteiger partial charge in [0.05, 0.1) is 57.3 Å². The van der Waals surface area contributed by atoms with E-state index in [-0.39, 0.29) is 173 Å². The number of phenolic OH excluding ortho intramolecular Hbond substituents is 2. The standard InChI is InChI=1S/C62H60Cl2F6N10O7/c1-59(83)8-3-11-77(26-59)55-40-22-71-51(38-17-34(81)15-31-5-6-42(67)47(63)45(31)38)49(69)53(40)74-58(75-55)87-30-62-10-7-44(80(62)25-33(66)21-62)36-19-43(68)48(64)46-37(36)16-35(82)18-39(46)52-50(70)54-41(23-72-52)56(78-13-14-85-28-60(2,84)27-78)76-57(73-54)86-29-61-9-4-12-79(61)24-32(65)20-61/h5-6,15-19,22-23,32-33,44,81-84H,3-4,7-14,20-21,24-30H2,1-2H3/t32-,33+,44?,59+,60?,61+,62-/m0/s1. The van der Waals surface area contributed by atoms with Crippen LogP contribution in [0.5, 0.6) is 23.5 Å². The van der Waals surface area contributed by atoms with Crippen LogP contribution in [-0.4, -0.2) is 167 Å². The fourth-order valence-corrected chi connectivity index (χ4v) is 15.3. The number of aromatic hydroxyl groups is 2. The summed E-state index contributed by atoms with van der Waals surface area (Å²) in [5.74, 6) is -3.83. The summed E-state index contributed by atoms with van der Waals surface area (Å²) in [6.45, 7) is 4.99. The van der Waals surface area contributed by atoms with Crippen molar-refractivity contribution in [3.63, 3.8) is 0 Å². The molecule has 87 heavy (non-hydrogen) atoms. The van der Waals surface area contributed by atoms with E-state index in [4.69, 9.17) is 47.4 Å². The smallest absolute Gasteiger partial charge is 0.319 e. The highest BCUT2D eigenvalue weighted by molar-refractivity contribution is 6.37. The van der Waals surface area contributed by atoms with Crippen molar-refractivity contribution in [2.75, 3.05) is 82.0 Å². The van der Waals surface area contributed by atoms with E-state index in [1.807, 2.05) is 4.90 Å². The number of fused-ring (bicyclic) bond motifs is 6. The summed E-state index contributed by atoms with van der Waals surface area (Å²) in [7, 11) is 0. The average Bonchev–Trinajstić information content (AvgIpc) is 1.83. The third-order valence-corrected chi connectivity index (χ3v) is 19.3. The molecule has 6 aliphatic heterocycles. The maximum atomic E-state index is 17.9. The first-order chi connectivity index (χ1) is 41.6. The number of halogens is 8. The first kappa shape index (κ1) is 57.9. The van der Waals surface area contributed by atoms with Crippen LogP contribution in [0.1, 0.15) is 76.8 Å². The van der Waals surface area contributed by atoms with Crippen molar-refractivity contribution in [2.45, 2.75) is 106 Å². The van der Waals surface area contributed by atoms with Crippen LogP contribution in [0, 0.1) is 23.3 Å². The van der Waals surface area contributed by atoms with E-state index in [1.54, 1.807) is 23.6 Å². The van der Waals surface area contributed by atoms with E-state index in [0.29, 0.717) is 56.1 Å². The first-order valence-electron chi connectivity index (χ1n) is 29.1. The topological polar surface area (TPSA) is 199 Å². The molecule has 4 N–H and O–H groups in total. The van der Waals surface area contributed by atoms with Crippen LogP contribution in [0.2, 0.25) is 10.0 Å². The molecule has 0 amide bonds. The van der Waals surface area contributed by atoms with Crippen LogP contribution in [0.15, 0.2) is 54.9 Å². The Morgan fingerprint density at radius 3 is 1.94 bits per heavy atom. The van der Waals surface area contributed by atoms with Crippen molar-refractivity contribution in [3.05, 3.63) is 93.7 Å². The Hall–Kier alpha value is -6.86. The highest BCUT2D eigenvalue weighted by atomic mass is 35.5. The van der Waals surface area contributed by atoms with Gasteiger partial charge in [-0.05, 0) is 112 Å². The maximum absolute atomic E-state index is 17.9. The Balaban J connectivity index is 0.831. The van der Waals surface area contributed by atoms with Crippen molar-refractivity contribution >= 4 is 78.2 Å². The number of alkyl halides is 2. The van der Waals surface area contributed by atoms with E-state index in [2.05, 4.69) is 24.8 Å². The highest BCUT2D eigenvalue weighted by Crippen LogP contribution is 2.53. The summed E-state index contributed by atoms with van der Waals surface area (Å²) in [5.41, 5.74) is -5.10. The predicted molar refractivity (Wildman–Crippen MR) is 314 cm³/mol. The van der Waals surface area contributed by atoms with Crippen molar-refractivity contribution in [1.82, 2.24) is 39.7 Å². The quantitative estimate of drug-likeness (QED) is 0.0891. The lowest BCUT2D eigenvalue weighted by Gasteiger charge is -2.38. The van der Waals surface area contributed by atoms with Crippen molar-refractivity contribution in [1.29, 1.82) is 0 Å². The molecule has 6 fully saturated rings. The minimum Gasteiger partial charge on any atom is -0.508 e. The number of nitrogens with zero attached hydrogens (tertiary/aromatic N) is 10. The lowest BCUT2D eigenvalue weighted by Crippen LogP contribution is -2.46. The summed E-state index contributed by atoms with van der Waals surface area (Å²) in [6.07, 6.45) is 3.70. The van der Waals surface area contributed by atoms with Crippen LogP contribution in [-0.2, 0) is 4.74 Å². The van der Waals surface area contributed by atoms with E-state index in [0.717, 1.165) is 12.5 Å². The summed E-state index contributed by atoms with van der Waals surface area (Å²) in [4.78, 5) is 35.2. The Bertz CT molecular complexity index is 4140. The van der Waals surface area contributed by atoms with E-state index in [9.17, 15) is 29.2 Å². The lowest BCUT2D eigenvalue weighted by atomic mass is 9.91. The SMILES string of the molecule is CC1(O)COCCN(c2nc(OC[C@]34CCCN3C[C@@H](F)C4)nc3c(F)c(-c4cc(O)cc5c(C6CC[C@@]7(COc8nc(N9CCC[C@@](C)(O)C9)c9cnc(-c%10cc(O)cc%11ccc(F)c(Cl)c%10%11)c(F)c9n8)C[C@@H](F)CN67)cc(F)c(Cl)c45)ncc23)C1. The van der Waals surface area contributed by atoms with Crippen molar-refractivity contribution in [2.24, 2.45) is 0 Å². The number of pyridine rings is 2. The predicted octanol–water partition coefficient (Wildman–Crippen LogP) is 10.9. The largest absolute Gasteiger partial charge is 0.508 e. The lowest BCUT2D eigenvalue weighted by molar-refractivity contribution is -0.0123. The average molecular weight is 1240 g/mol. The number of β-amino-alcohol motifs (C(OH)–C–C–N with tert-alkyl or cyclic N) is 2. The van der Waals surface area contributed by atoms with Gasteiger partial charge in [-0.25, -0.2) is 26.3 Å². The van der Waals surface area contributed by atoms with Crippen LogP contribution in [0.3, 0.4) is 0 Å². The zero-order valence-corrected chi connectivity index (χ0v) is 48.9. The van der Waals surface area contributed by atoms with Gasteiger partial charge in [-0.3, -0.25) is 19.8 Å². The molecule has 0 aliphatic carbocycles. The molecule has 456 valence electrons. The monoisotopic (exact) mass is 1240 g/mol. The summed E-state index contributed by atoms with van der Waals surface area (Å²) >= 11 is 13.4. The van der Waals surface area contributed by atoms with Crippen LogP contribution < -0.4 is 19.3 Å². The number of benzene rings is 4. The number of aromatic nitrogens is 6. The molecule has 25 heteroatoms. The molecular formula is C62H60Cl2F6N10O7. The molecule has 4 aromatic carbocycles. The number of phenols is 2. The Morgan fingerprint density at radius 2 is 1.25 bits per heavy atom. The van der Waals surface area contributed by atoms with Gasteiger partial charge in [0.15, 0.2) is 11.6 Å². The highest BCUT2D eigenvalue weighted by Gasteiger charge is 2.55. The van der Waals surface area contributed by atoms with Crippen molar-refractivity contribution < 1.29 is 61.0 Å². The van der Waals surface area contributed by atoms with Gasteiger partial charge in [0.25, 0.3) is 0 Å². The minimum atomic E-state index is -1.40. The number of anilines is 2.